The number of para-hydroxylation sites is 1. The van der Waals surface area contributed by atoms with Gasteiger partial charge in [0.2, 0.25) is 0 Å². The van der Waals surface area contributed by atoms with Gasteiger partial charge in [-0.15, -0.1) is 0 Å². The summed E-state index contributed by atoms with van der Waals surface area (Å²) in [5, 5.41) is 4.15. The van der Waals surface area contributed by atoms with E-state index in [0.29, 0.717) is 17.7 Å². The molecule has 0 aliphatic heterocycles. The zero-order chi connectivity index (χ0) is 23.4. The predicted molar refractivity (Wildman–Crippen MR) is 130 cm³/mol. The number of aromatic nitrogens is 1. The molecule has 4 aromatic rings. The molecule has 170 valence electrons. The normalized spacial score (nSPS) is 12.4. The van der Waals surface area contributed by atoms with E-state index >= 15 is 0 Å². The molecule has 6 nitrogen and oxygen atoms in total. The van der Waals surface area contributed by atoms with Crippen LogP contribution in [0, 0.1) is 0 Å². The van der Waals surface area contributed by atoms with E-state index in [1.54, 1.807) is 31.4 Å². The first-order valence-corrected chi connectivity index (χ1v) is 12.6. The number of sulfone groups is 1. The van der Waals surface area contributed by atoms with Gasteiger partial charge >= 0.3 is 0 Å². The lowest BCUT2D eigenvalue weighted by Crippen LogP contribution is -2.28. The van der Waals surface area contributed by atoms with Gasteiger partial charge in [0.05, 0.1) is 12.9 Å². The molecule has 7 heteroatoms. The average Bonchev–Trinajstić information content (AvgIpc) is 3.23. The molecule has 0 aliphatic rings. The number of hydrogen-bond donors (Lipinski definition) is 2. The maximum atomic E-state index is 12.9. The minimum Gasteiger partial charge on any atom is -0.497 e. The summed E-state index contributed by atoms with van der Waals surface area (Å²) in [5.41, 5.74) is 4.34. The molecule has 3 aromatic carbocycles. The Balaban J connectivity index is 1.57. The number of nitrogens with one attached hydrogen (secondary N) is 2. The third-order valence-corrected chi connectivity index (χ3v) is 6.48. The molecule has 33 heavy (non-hydrogen) atoms. The molecule has 1 amide bonds. The molecule has 1 atom stereocenters. The van der Waals surface area contributed by atoms with Gasteiger partial charge < -0.3 is 15.0 Å². The average molecular weight is 463 g/mol. The maximum absolute atomic E-state index is 12.9. The summed E-state index contributed by atoms with van der Waals surface area (Å²) in [4.78, 5) is 16.2. The van der Waals surface area contributed by atoms with E-state index in [1.165, 1.54) is 6.26 Å². The highest BCUT2D eigenvalue weighted by Gasteiger charge is 2.20. The predicted octanol–water partition coefficient (Wildman–Crippen LogP) is 4.28. The quantitative estimate of drug-likeness (QED) is 0.409. The number of benzene rings is 3. The lowest BCUT2D eigenvalue weighted by atomic mass is 9.90. The highest BCUT2D eigenvalue weighted by molar-refractivity contribution is 7.89. The zero-order valence-electron chi connectivity index (χ0n) is 18.5. The van der Waals surface area contributed by atoms with Crippen LogP contribution in [0.25, 0.3) is 10.9 Å². The van der Waals surface area contributed by atoms with E-state index in [-0.39, 0.29) is 17.6 Å². The monoisotopic (exact) mass is 462 g/mol. The van der Waals surface area contributed by atoms with Gasteiger partial charge in [-0.1, -0.05) is 42.5 Å². The van der Waals surface area contributed by atoms with Gasteiger partial charge in [0.1, 0.15) is 5.75 Å². The van der Waals surface area contributed by atoms with Crippen molar-refractivity contribution in [2.24, 2.45) is 0 Å². The Morgan fingerprint density at radius 2 is 1.70 bits per heavy atom. The first-order chi connectivity index (χ1) is 15.8. The number of H-pyrrole nitrogens is 1. The molecule has 0 saturated carbocycles. The summed E-state index contributed by atoms with van der Waals surface area (Å²) < 4.78 is 28.3. The number of hydrogen-bond acceptors (Lipinski definition) is 4. The van der Waals surface area contributed by atoms with E-state index in [1.807, 2.05) is 48.7 Å². The molecular weight excluding hydrogens is 436 g/mol. The minimum absolute atomic E-state index is 0.0466. The van der Waals surface area contributed by atoms with Crippen molar-refractivity contribution in [3.05, 3.63) is 101 Å². The molecule has 1 aromatic heterocycles. The Hall–Kier alpha value is -3.58. The van der Waals surface area contributed by atoms with E-state index < -0.39 is 9.84 Å². The van der Waals surface area contributed by atoms with Crippen molar-refractivity contribution in [3.8, 4) is 5.75 Å². The standard InChI is InChI=1S/C26H26N2O4S/c1-32-21-13-11-19(12-14-21)23(24-16-27-25-6-4-3-5-22(24)25)15-28-26(29)20-9-7-18(8-10-20)17-33(2,30)31/h3-14,16,23,27H,15,17H2,1-2H3,(H,28,29). The number of rotatable bonds is 8. The fourth-order valence-corrected chi connectivity index (χ4v) is 4.78. The third-order valence-electron chi connectivity index (χ3n) is 5.63. The SMILES string of the molecule is COc1ccc(C(CNC(=O)c2ccc(CS(C)(=O)=O)cc2)c2c[nH]c3ccccc23)cc1. The molecule has 4 rings (SSSR count). The van der Waals surface area contributed by atoms with Gasteiger partial charge in [-0.05, 0) is 47.0 Å². The Labute approximate surface area is 193 Å². The second-order valence-electron chi connectivity index (χ2n) is 8.09. The van der Waals surface area contributed by atoms with Crippen molar-refractivity contribution < 1.29 is 17.9 Å². The first-order valence-electron chi connectivity index (χ1n) is 10.6. The van der Waals surface area contributed by atoms with Crippen molar-refractivity contribution in [2.45, 2.75) is 11.7 Å². The van der Waals surface area contributed by atoms with Crippen LogP contribution >= 0.6 is 0 Å². The van der Waals surface area contributed by atoms with Gasteiger partial charge in [-0.25, -0.2) is 8.42 Å². The van der Waals surface area contributed by atoms with Crippen LogP contribution in [0.5, 0.6) is 5.75 Å². The molecule has 1 heterocycles. The lowest BCUT2D eigenvalue weighted by Gasteiger charge is -2.19. The molecule has 1 unspecified atom stereocenters. The molecule has 0 bridgehead atoms. The van der Waals surface area contributed by atoms with Crippen molar-refractivity contribution in [1.82, 2.24) is 10.3 Å². The number of fused-ring (bicyclic) bond motifs is 1. The van der Waals surface area contributed by atoms with Crippen LogP contribution in [0.15, 0.2) is 79.0 Å². The van der Waals surface area contributed by atoms with E-state index in [4.69, 9.17) is 4.74 Å². The summed E-state index contributed by atoms with van der Waals surface area (Å²) in [6.07, 6.45) is 3.18. The summed E-state index contributed by atoms with van der Waals surface area (Å²) in [7, 11) is -1.49. The van der Waals surface area contributed by atoms with E-state index in [9.17, 15) is 13.2 Å². The molecule has 0 aliphatic carbocycles. The molecular formula is C26H26N2O4S. The number of amides is 1. The van der Waals surface area contributed by atoms with Crippen LogP contribution in [0.1, 0.15) is 33.0 Å². The third kappa shape index (κ3) is 5.43. The van der Waals surface area contributed by atoms with Gasteiger partial charge in [0.25, 0.3) is 5.91 Å². The van der Waals surface area contributed by atoms with E-state index in [0.717, 1.165) is 27.8 Å². The van der Waals surface area contributed by atoms with Gasteiger partial charge in [-0.2, -0.15) is 0 Å². The summed E-state index contributed by atoms with van der Waals surface area (Å²) in [5.74, 6) is 0.448. The largest absolute Gasteiger partial charge is 0.497 e. The van der Waals surface area contributed by atoms with Crippen molar-refractivity contribution in [2.75, 3.05) is 19.9 Å². The van der Waals surface area contributed by atoms with Crippen LogP contribution in [0.2, 0.25) is 0 Å². The zero-order valence-corrected chi connectivity index (χ0v) is 19.4. The van der Waals surface area contributed by atoms with Crippen LogP contribution in [0.4, 0.5) is 0 Å². The number of ether oxygens (including phenoxy) is 1. The Kier molecular flexibility index (Phi) is 6.51. The smallest absolute Gasteiger partial charge is 0.251 e. The van der Waals surface area contributed by atoms with Crippen molar-refractivity contribution in [3.63, 3.8) is 0 Å². The lowest BCUT2D eigenvalue weighted by molar-refractivity contribution is 0.0952. The summed E-state index contributed by atoms with van der Waals surface area (Å²) in [6.45, 7) is 0.401. The van der Waals surface area contributed by atoms with Gasteiger partial charge in [0.15, 0.2) is 9.84 Å². The second kappa shape index (κ2) is 9.50. The molecule has 2 N–H and O–H groups in total. The van der Waals surface area contributed by atoms with Crippen LogP contribution in [-0.4, -0.2) is 39.2 Å². The number of carbonyl (C=O) groups excluding carboxylic acids is 1. The first kappa shape index (κ1) is 22.6. The second-order valence-corrected chi connectivity index (χ2v) is 10.2. The van der Waals surface area contributed by atoms with Crippen molar-refractivity contribution >= 4 is 26.6 Å². The maximum Gasteiger partial charge on any atom is 0.251 e. The molecule has 0 radical (unpaired) electrons. The van der Waals surface area contributed by atoms with Gasteiger partial charge in [0, 0.05) is 41.4 Å². The molecule has 0 saturated heterocycles. The van der Waals surface area contributed by atoms with Crippen LogP contribution < -0.4 is 10.1 Å². The minimum atomic E-state index is -3.12. The molecule has 0 spiro atoms. The van der Waals surface area contributed by atoms with Crippen LogP contribution in [0.3, 0.4) is 0 Å². The Morgan fingerprint density at radius 3 is 2.36 bits per heavy atom. The summed E-state index contributed by atoms with van der Waals surface area (Å²) in [6, 6.07) is 22.6. The summed E-state index contributed by atoms with van der Waals surface area (Å²) >= 11 is 0. The highest BCUT2D eigenvalue weighted by atomic mass is 32.2. The van der Waals surface area contributed by atoms with Crippen LogP contribution in [-0.2, 0) is 15.6 Å². The molecule has 0 fully saturated rings. The fourth-order valence-electron chi connectivity index (χ4n) is 3.98. The Morgan fingerprint density at radius 1 is 1.00 bits per heavy atom. The number of methoxy groups -OCH3 is 1. The number of carbonyl (C=O) groups is 1. The fraction of sp³-hybridized carbons (Fsp3) is 0.192. The van der Waals surface area contributed by atoms with Crippen molar-refractivity contribution in [1.29, 1.82) is 0 Å². The number of aromatic amines is 1. The topological polar surface area (TPSA) is 88.3 Å². The van der Waals surface area contributed by atoms with E-state index in [2.05, 4.69) is 16.4 Å². The Bertz CT molecular complexity index is 1360. The highest BCUT2D eigenvalue weighted by Crippen LogP contribution is 2.31. The van der Waals surface area contributed by atoms with Gasteiger partial charge in [-0.3, -0.25) is 4.79 Å².